The second-order valence-electron chi connectivity index (χ2n) is 6.70. The SMILES string of the molecule is Cc1cccc(NC(=O)C(C)OC(=O)c2cccc(N3CCCS3(=O)=O)c2)c1. The standard InChI is InChI=1S/C20H22N2O5S/c1-14-6-3-8-17(12-14)21-19(23)15(2)27-20(24)16-7-4-9-18(13-16)22-10-5-11-28(22,25)26/h3-4,6-9,12-13,15H,5,10-11H2,1-2H3,(H,21,23). The van der Waals surface area contributed by atoms with Crippen LogP contribution in [0, 0.1) is 6.92 Å². The van der Waals surface area contributed by atoms with Crippen molar-refractivity contribution in [1.29, 1.82) is 0 Å². The molecule has 1 amide bonds. The van der Waals surface area contributed by atoms with Gasteiger partial charge in [-0.15, -0.1) is 0 Å². The molecule has 28 heavy (non-hydrogen) atoms. The predicted octanol–water partition coefficient (Wildman–Crippen LogP) is 2.72. The van der Waals surface area contributed by atoms with Gasteiger partial charge in [-0.25, -0.2) is 13.2 Å². The number of carbonyl (C=O) groups is 2. The molecule has 0 aromatic heterocycles. The molecule has 148 valence electrons. The molecule has 3 rings (SSSR count). The van der Waals surface area contributed by atoms with Crippen LogP contribution in [-0.2, 0) is 19.6 Å². The minimum absolute atomic E-state index is 0.0951. The summed E-state index contributed by atoms with van der Waals surface area (Å²) in [7, 11) is -3.34. The highest BCUT2D eigenvalue weighted by molar-refractivity contribution is 7.93. The Bertz CT molecular complexity index is 1000. The number of hydrogen-bond acceptors (Lipinski definition) is 5. The highest BCUT2D eigenvalue weighted by Gasteiger charge is 2.29. The molecule has 0 spiro atoms. The molecule has 1 fully saturated rings. The van der Waals surface area contributed by atoms with Crippen LogP contribution < -0.4 is 9.62 Å². The number of anilines is 2. The van der Waals surface area contributed by atoms with Gasteiger partial charge in [-0.1, -0.05) is 18.2 Å². The molecule has 1 atom stereocenters. The number of benzene rings is 2. The van der Waals surface area contributed by atoms with Gasteiger partial charge >= 0.3 is 5.97 Å². The maximum atomic E-state index is 12.4. The molecule has 2 aromatic rings. The Balaban J connectivity index is 1.67. The van der Waals surface area contributed by atoms with Crippen molar-refractivity contribution in [1.82, 2.24) is 0 Å². The summed E-state index contributed by atoms with van der Waals surface area (Å²) in [5, 5.41) is 2.70. The summed E-state index contributed by atoms with van der Waals surface area (Å²) >= 11 is 0. The summed E-state index contributed by atoms with van der Waals surface area (Å²) in [6.45, 7) is 3.78. The highest BCUT2D eigenvalue weighted by Crippen LogP contribution is 2.25. The van der Waals surface area contributed by atoms with Gasteiger partial charge in [0.1, 0.15) is 0 Å². The van der Waals surface area contributed by atoms with E-state index in [1.54, 1.807) is 18.2 Å². The Hall–Kier alpha value is -2.87. The van der Waals surface area contributed by atoms with Gasteiger partial charge in [0.15, 0.2) is 6.10 Å². The maximum absolute atomic E-state index is 12.4. The zero-order valence-electron chi connectivity index (χ0n) is 15.7. The third-order valence-electron chi connectivity index (χ3n) is 4.41. The number of hydrogen-bond donors (Lipinski definition) is 1. The Morgan fingerprint density at radius 1 is 1.14 bits per heavy atom. The first kappa shape index (κ1) is 19.9. The normalized spacial score (nSPS) is 16.4. The monoisotopic (exact) mass is 402 g/mol. The van der Waals surface area contributed by atoms with E-state index in [-0.39, 0.29) is 11.3 Å². The predicted molar refractivity (Wildman–Crippen MR) is 107 cm³/mol. The number of ether oxygens (including phenoxy) is 1. The van der Waals surface area contributed by atoms with E-state index < -0.39 is 28.0 Å². The van der Waals surface area contributed by atoms with Gasteiger partial charge in [0.2, 0.25) is 10.0 Å². The third-order valence-corrected chi connectivity index (χ3v) is 6.28. The van der Waals surface area contributed by atoms with Crippen molar-refractivity contribution in [3.05, 3.63) is 59.7 Å². The van der Waals surface area contributed by atoms with Crippen molar-refractivity contribution in [2.24, 2.45) is 0 Å². The van der Waals surface area contributed by atoms with Crippen molar-refractivity contribution in [2.75, 3.05) is 21.9 Å². The van der Waals surface area contributed by atoms with Crippen LogP contribution in [0.25, 0.3) is 0 Å². The lowest BCUT2D eigenvalue weighted by molar-refractivity contribution is -0.123. The molecule has 1 N–H and O–H groups in total. The summed E-state index contributed by atoms with van der Waals surface area (Å²) in [6.07, 6.45) is -0.458. The first-order valence-corrected chi connectivity index (χ1v) is 10.6. The Morgan fingerprint density at radius 2 is 1.89 bits per heavy atom. The first-order chi connectivity index (χ1) is 13.3. The summed E-state index contributed by atoms with van der Waals surface area (Å²) < 4.78 is 30.7. The number of esters is 1. The van der Waals surface area contributed by atoms with E-state index in [0.717, 1.165) is 5.56 Å². The zero-order chi connectivity index (χ0) is 20.3. The number of nitrogens with one attached hydrogen (secondary N) is 1. The molecule has 1 aliphatic rings. The molecular formula is C20H22N2O5S. The van der Waals surface area contributed by atoms with Crippen molar-refractivity contribution in [3.8, 4) is 0 Å². The average Bonchev–Trinajstić information content (AvgIpc) is 3.01. The lowest BCUT2D eigenvalue weighted by Crippen LogP contribution is -2.30. The molecule has 0 aliphatic carbocycles. The molecule has 0 bridgehead atoms. The number of amides is 1. The van der Waals surface area contributed by atoms with Gasteiger partial charge < -0.3 is 10.1 Å². The van der Waals surface area contributed by atoms with Crippen LogP contribution in [-0.4, -0.2) is 38.7 Å². The topological polar surface area (TPSA) is 92.8 Å². The number of aryl methyl sites for hydroxylation is 1. The van der Waals surface area contributed by atoms with Crippen molar-refractivity contribution < 1.29 is 22.7 Å². The molecule has 0 radical (unpaired) electrons. The van der Waals surface area contributed by atoms with Gasteiger partial charge in [-0.05, 0) is 56.2 Å². The van der Waals surface area contributed by atoms with Crippen LogP contribution in [0.3, 0.4) is 0 Å². The van der Waals surface area contributed by atoms with Gasteiger partial charge in [-0.2, -0.15) is 0 Å². The van der Waals surface area contributed by atoms with E-state index in [9.17, 15) is 18.0 Å². The quantitative estimate of drug-likeness (QED) is 0.777. The van der Waals surface area contributed by atoms with Crippen LogP contribution in [0.4, 0.5) is 11.4 Å². The van der Waals surface area contributed by atoms with Gasteiger partial charge in [0.25, 0.3) is 5.91 Å². The summed E-state index contributed by atoms with van der Waals surface area (Å²) in [5.74, 6) is -1.04. The molecule has 1 saturated heterocycles. The summed E-state index contributed by atoms with van der Waals surface area (Å²) in [4.78, 5) is 24.7. The fourth-order valence-corrected chi connectivity index (χ4v) is 4.52. The molecular weight excluding hydrogens is 380 g/mol. The molecule has 8 heteroatoms. The minimum Gasteiger partial charge on any atom is -0.449 e. The average molecular weight is 402 g/mol. The number of carbonyl (C=O) groups excluding carboxylic acids is 2. The number of sulfonamides is 1. The van der Waals surface area contributed by atoms with Gasteiger partial charge in [0, 0.05) is 12.2 Å². The van der Waals surface area contributed by atoms with E-state index in [1.807, 2.05) is 25.1 Å². The lowest BCUT2D eigenvalue weighted by Gasteiger charge is -2.18. The maximum Gasteiger partial charge on any atom is 0.338 e. The number of rotatable bonds is 5. The van der Waals surface area contributed by atoms with Gasteiger partial charge in [-0.3, -0.25) is 9.10 Å². The van der Waals surface area contributed by atoms with Crippen molar-refractivity contribution >= 4 is 33.3 Å². The molecule has 2 aromatic carbocycles. The molecule has 1 aliphatic heterocycles. The molecule has 1 unspecified atom stereocenters. The van der Waals surface area contributed by atoms with E-state index in [0.29, 0.717) is 24.3 Å². The van der Waals surface area contributed by atoms with E-state index >= 15 is 0 Å². The first-order valence-electron chi connectivity index (χ1n) is 8.95. The summed E-state index contributed by atoms with van der Waals surface area (Å²) in [6, 6.07) is 13.5. The smallest absolute Gasteiger partial charge is 0.338 e. The minimum atomic E-state index is -3.34. The van der Waals surface area contributed by atoms with Crippen LogP contribution in [0.15, 0.2) is 48.5 Å². The Labute approximate surface area is 164 Å². The Morgan fingerprint density at radius 3 is 2.57 bits per heavy atom. The highest BCUT2D eigenvalue weighted by atomic mass is 32.2. The second kappa shape index (κ2) is 8.02. The van der Waals surface area contributed by atoms with Gasteiger partial charge in [0.05, 0.1) is 17.0 Å². The number of nitrogens with zero attached hydrogens (tertiary/aromatic N) is 1. The zero-order valence-corrected chi connectivity index (χ0v) is 16.5. The fourth-order valence-electron chi connectivity index (χ4n) is 2.97. The Kier molecular flexibility index (Phi) is 5.69. The molecule has 0 saturated carbocycles. The van der Waals surface area contributed by atoms with Crippen LogP contribution in [0.5, 0.6) is 0 Å². The molecule has 7 nitrogen and oxygen atoms in total. The van der Waals surface area contributed by atoms with E-state index in [1.165, 1.54) is 23.4 Å². The fraction of sp³-hybridized carbons (Fsp3) is 0.300. The lowest BCUT2D eigenvalue weighted by atomic mass is 10.2. The summed E-state index contributed by atoms with van der Waals surface area (Å²) in [5.41, 5.74) is 2.23. The molecule has 1 heterocycles. The van der Waals surface area contributed by atoms with E-state index in [4.69, 9.17) is 4.74 Å². The largest absolute Gasteiger partial charge is 0.449 e. The van der Waals surface area contributed by atoms with E-state index in [2.05, 4.69) is 5.32 Å². The van der Waals surface area contributed by atoms with Crippen molar-refractivity contribution in [2.45, 2.75) is 26.4 Å². The van der Waals surface area contributed by atoms with Crippen LogP contribution in [0.1, 0.15) is 29.3 Å². The second-order valence-corrected chi connectivity index (χ2v) is 8.71. The van der Waals surface area contributed by atoms with Crippen molar-refractivity contribution in [3.63, 3.8) is 0 Å². The van der Waals surface area contributed by atoms with Crippen LogP contribution in [0.2, 0.25) is 0 Å². The van der Waals surface area contributed by atoms with Crippen LogP contribution >= 0.6 is 0 Å². The third kappa shape index (κ3) is 4.51.